The summed E-state index contributed by atoms with van der Waals surface area (Å²) < 4.78 is 17.0. The number of thiazole rings is 1. The number of amides is 1. The van der Waals surface area contributed by atoms with E-state index in [9.17, 15) is 4.79 Å². The topological polar surface area (TPSA) is 69.7 Å². The fourth-order valence-corrected chi connectivity index (χ4v) is 4.07. The molecule has 1 N–H and O–H groups in total. The Bertz CT molecular complexity index is 984. The zero-order valence-corrected chi connectivity index (χ0v) is 17.6. The Balaban J connectivity index is 1.41. The van der Waals surface area contributed by atoms with Crippen LogP contribution in [0.5, 0.6) is 11.5 Å². The highest BCUT2D eigenvalue weighted by Gasteiger charge is 2.18. The van der Waals surface area contributed by atoms with Gasteiger partial charge in [0.15, 0.2) is 11.5 Å². The van der Waals surface area contributed by atoms with Crippen molar-refractivity contribution in [1.29, 1.82) is 0 Å². The van der Waals surface area contributed by atoms with Gasteiger partial charge in [-0.05, 0) is 36.6 Å². The average molecular weight is 425 g/mol. The molecule has 1 amide bonds. The van der Waals surface area contributed by atoms with Crippen LogP contribution in [0, 0.1) is 0 Å². The lowest BCUT2D eigenvalue weighted by Gasteiger charge is -2.12. The van der Waals surface area contributed by atoms with Crippen LogP contribution in [0.3, 0.4) is 0 Å². The molecule has 0 unspecified atom stereocenters. The number of hydrogen-bond acceptors (Lipinski definition) is 6. The predicted octanol–water partition coefficient (Wildman–Crippen LogP) is 4.31. The van der Waals surface area contributed by atoms with E-state index in [0.29, 0.717) is 30.3 Å². The van der Waals surface area contributed by atoms with Crippen LogP contribution in [0.25, 0.3) is 10.6 Å². The molecule has 1 fully saturated rings. The number of carbonyl (C=O) groups is 1. The standard InChI is InChI=1S/C23H24N2O4S/c1-27-21-12-17(9-10-20(21)29-14-16-6-3-2-4-7-16)23-25-19(15-30-23)22(26)24-13-18-8-5-11-28-18/h2-4,6-7,9-10,12,15,18H,5,8,11,13-14H2,1H3,(H,24,26)/t18-/m1/s1. The molecule has 4 rings (SSSR count). The molecule has 1 aliphatic heterocycles. The van der Waals surface area contributed by atoms with Crippen LogP contribution in [-0.4, -0.2) is 37.3 Å². The second-order valence-corrected chi connectivity index (χ2v) is 7.88. The molecule has 0 aliphatic carbocycles. The first-order valence-corrected chi connectivity index (χ1v) is 10.8. The molecule has 30 heavy (non-hydrogen) atoms. The van der Waals surface area contributed by atoms with Crippen molar-refractivity contribution in [2.45, 2.75) is 25.6 Å². The van der Waals surface area contributed by atoms with Crippen LogP contribution < -0.4 is 14.8 Å². The summed E-state index contributed by atoms with van der Waals surface area (Å²) in [5.74, 6) is 1.11. The van der Waals surface area contributed by atoms with Crippen molar-refractivity contribution in [3.8, 4) is 22.1 Å². The number of ether oxygens (including phenoxy) is 3. The van der Waals surface area contributed by atoms with Gasteiger partial charge in [-0.3, -0.25) is 4.79 Å². The van der Waals surface area contributed by atoms with Gasteiger partial charge in [-0.2, -0.15) is 0 Å². The number of rotatable bonds is 8. The highest BCUT2D eigenvalue weighted by atomic mass is 32.1. The number of benzene rings is 2. The summed E-state index contributed by atoms with van der Waals surface area (Å²) >= 11 is 1.42. The maximum atomic E-state index is 12.4. The molecule has 2 aromatic carbocycles. The number of carbonyl (C=O) groups excluding carboxylic acids is 1. The van der Waals surface area contributed by atoms with E-state index in [1.807, 2.05) is 48.5 Å². The van der Waals surface area contributed by atoms with Gasteiger partial charge in [0.25, 0.3) is 5.91 Å². The third kappa shape index (κ3) is 4.98. The zero-order chi connectivity index (χ0) is 20.8. The zero-order valence-electron chi connectivity index (χ0n) is 16.8. The van der Waals surface area contributed by atoms with E-state index in [1.165, 1.54) is 11.3 Å². The van der Waals surface area contributed by atoms with E-state index in [2.05, 4.69) is 10.3 Å². The van der Waals surface area contributed by atoms with E-state index in [4.69, 9.17) is 14.2 Å². The van der Waals surface area contributed by atoms with Gasteiger partial charge in [0.05, 0.1) is 13.2 Å². The van der Waals surface area contributed by atoms with Gasteiger partial charge < -0.3 is 19.5 Å². The lowest BCUT2D eigenvalue weighted by Crippen LogP contribution is -2.31. The van der Waals surface area contributed by atoms with Crippen LogP contribution in [0.4, 0.5) is 0 Å². The van der Waals surface area contributed by atoms with Crippen molar-refractivity contribution >= 4 is 17.2 Å². The van der Waals surface area contributed by atoms with E-state index in [0.717, 1.165) is 35.6 Å². The fourth-order valence-electron chi connectivity index (χ4n) is 3.27. The predicted molar refractivity (Wildman–Crippen MR) is 116 cm³/mol. The molecule has 7 heteroatoms. The smallest absolute Gasteiger partial charge is 0.270 e. The van der Waals surface area contributed by atoms with Gasteiger partial charge >= 0.3 is 0 Å². The third-order valence-electron chi connectivity index (χ3n) is 4.90. The number of hydrogen-bond donors (Lipinski definition) is 1. The Labute approximate surface area is 179 Å². The van der Waals surface area contributed by atoms with Crippen LogP contribution in [0.1, 0.15) is 28.9 Å². The van der Waals surface area contributed by atoms with Gasteiger partial charge in [-0.1, -0.05) is 30.3 Å². The Kier molecular flexibility index (Phi) is 6.61. The molecule has 1 aliphatic rings. The molecule has 0 spiro atoms. The summed E-state index contributed by atoms with van der Waals surface area (Å²) in [6.45, 7) is 1.75. The number of methoxy groups -OCH3 is 1. The minimum atomic E-state index is -0.178. The summed E-state index contributed by atoms with van der Waals surface area (Å²) in [4.78, 5) is 16.9. The van der Waals surface area contributed by atoms with Gasteiger partial charge in [0, 0.05) is 24.1 Å². The normalized spacial score (nSPS) is 15.7. The molecular formula is C23H24N2O4S. The molecule has 156 valence electrons. The van der Waals surface area contributed by atoms with E-state index in [-0.39, 0.29) is 12.0 Å². The molecule has 0 bridgehead atoms. The van der Waals surface area contributed by atoms with E-state index >= 15 is 0 Å². The second kappa shape index (κ2) is 9.73. The fraction of sp³-hybridized carbons (Fsp3) is 0.304. The number of nitrogens with zero attached hydrogens (tertiary/aromatic N) is 1. The van der Waals surface area contributed by atoms with Crippen molar-refractivity contribution in [2.24, 2.45) is 0 Å². The van der Waals surface area contributed by atoms with Crippen molar-refractivity contribution in [2.75, 3.05) is 20.3 Å². The molecule has 1 saturated heterocycles. The quantitative estimate of drug-likeness (QED) is 0.584. The maximum Gasteiger partial charge on any atom is 0.270 e. The SMILES string of the molecule is COc1cc(-c2nc(C(=O)NC[C@H]3CCCO3)cs2)ccc1OCc1ccccc1. The lowest BCUT2D eigenvalue weighted by molar-refractivity contribution is 0.0854. The average Bonchev–Trinajstić information content (AvgIpc) is 3.49. The summed E-state index contributed by atoms with van der Waals surface area (Å²) in [5, 5.41) is 5.43. The van der Waals surface area contributed by atoms with Gasteiger partial charge in [-0.15, -0.1) is 11.3 Å². The summed E-state index contributed by atoms with van der Waals surface area (Å²) in [6, 6.07) is 15.7. The third-order valence-corrected chi connectivity index (χ3v) is 5.79. The molecule has 1 aromatic heterocycles. The Morgan fingerprint density at radius 2 is 2.10 bits per heavy atom. The lowest BCUT2D eigenvalue weighted by atomic mass is 10.2. The molecule has 0 saturated carbocycles. The Morgan fingerprint density at radius 3 is 2.87 bits per heavy atom. The second-order valence-electron chi connectivity index (χ2n) is 7.02. The first-order valence-electron chi connectivity index (χ1n) is 9.93. The summed E-state index contributed by atoms with van der Waals surface area (Å²) in [7, 11) is 1.61. The van der Waals surface area contributed by atoms with Crippen LogP contribution in [-0.2, 0) is 11.3 Å². The molecule has 6 nitrogen and oxygen atoms in total. The van der Waals surface area contributed by atoms with Crippen LogP contribution in [0.2, 0.25) is 0 Å². The van der Waals surface area contributed by atoms with Gasteiger partial charge in [-0.25, -0.2) is 4.98 Å². The first kappa shape index (κ1) is 20.4. The van der Waals surface area contributed by atoms with Crippen molar-refractivity contribution in [3.63, 3.8) is 0 Å². The Hall–Kier alpha value is -2.90. The van der Waals surface area contributed by atoms with E-state index < -0.39 is 0 Å². The molecule has 3 aromatic rings. The number of nitrogens with one attached hydrogen (secondary N) is 1. The highest BCUT2D eigenvalue weighted by Crippen LogP contribution is 2.34. The number of aromatic nitrogens is 1. The van der Waals surface area contributed by atoms with Gasteiger partial charge in [0.1, 0.15) is 17.3 Å². The van der Waals surface area contributed by atoms with Crippen molar-refractivity contribution in [3.05, 3.63) is 65.2 Å². The molecule has 1 atom stereocenters. The summed E-state index contributed by atoms with van der Waals surface area (Å²) in [6.07, 6.45) is 2.15. The molecule has 2 heterocycles. The van der Waals surface area contributed by atoms with E-state index in [1.54, 1.807) is 12.5 Å². The molecular weight excluding hydrogens is 400 g/mol. The minimum absolute atomic E-state index is 0.111. The Morgan fingerprint density at radius 1 is 1.23 bits per heavy atom. The van der Waals surface area contributed by atoms with Crippen LogP contribution in [0.15, 0.2) is 53.9 Å². The largest absolute Gasteiger partial charge is 0.493 e. The minimum Gasteiger partial charge on any atom is -0.493 e. The summed E-state index contributed by atoms with van der Waals surface area (Å²) in [5.41, 5.74) is 2.38. The van der Waals surface area contributed by atoms with Crippen molar-refractivity contribution in [1.82, 2.24) is 10.3 Å². The first-order chi connectivity index (χ1) is 14.7. The van der Waals surface area contributed by atoms with Crippen LogP contribution >= 0.6 is 11.3 Å². The highest BCUT2D eigenvalue weighted by molar-refractivity contribution is 7.13. The molecule has 0 radical (unpaired) electrons. The monoisotopic (exact) mass is 424 g/mol. The maximum absolute atomic E-state index is 12.4. The van der Waals surface area contributed by atoms with Crippen molar-refractivity contribution < 1.29 is 19.0 Å². The van der Waals surface area contributed by atoms with Gasteiger partial charge in [0.2, 0.25) is 0 Å².